The molecule has 0 amide bonds. The topological polar surface area (TPSA) is 35.6 Å². The number of nitrogens with zero attached hydrogens (tertiary/aromatic N) is 4. The molecule has 2 heterocycles. The van der Waals surface area contributed by atoms with Crippen LogP contribution in [-0.4, -0.2) is 25.2 Å². The highest BCUT2D eigenvalue weighted by atomic mass is 127. The quantitative estimate of drug-likeness (QED) is 0.481. The van der Waals surface area contributed by atoms with E-state index in [0.717, 1.165) is 22.6 Å². The van der Waals surface area contributed by atoms with Crippen LogP contribution in [0, 0.1) is 9.39 Å². The van der Waals surface area contributed by atoms with E-state index in [2.05, 4.69) is 10.1 Å². The Morgan fingerprint density at radius 3 is 2.86 bits per heavy atom. The summed E-state index contributed by atoms with van der Waals surface area (Å²) < 4.78 is 18.3. The van der Waals surface area contributed by atoms with Crippen LogP contribution in [0.3, 0.4) is 0 Å². The molecule has 0 saturated heterocycles. The van der Waals surface area contributed by atoms with Crippen LogP contribution >= 0.6 is 34.2 Å². The van der Waals surface area contributed by atoms with Crippen LogP contribution in [-0.2, 0) is 20.0 Å². The first kappa shape index (κ1) is 14.8. The lowest BCUT2D eigenvalue weighted by atomic mass is 10.3. The number of alkyl halides is 1. The standard InChI is InChI=1S/C14H13ClFIN4/c1-20-9(3-5-18-20)8-21-13-6-10(16)11(17)7-12(13)19-14(21)2-4-15/h3,5-7H,2,4,8H2,1H3. The van der Waals surface area contributed by atoms with Gasteiger partial charge in [0.1, 0.15) is 11.6 Å². The van der Waals surface area contributed by atoms with Gasteiger partial charge in [-0.1, -0.05) is 0 Å². The molecule has 0 unspecified atom stereocenters. The van der Waals surface area contributed by atoms with Crippen LogP contribution in [0.25, 0.3) is 11.0 Å². The number of halogens is 3. The SMILES string of the molecule is Cn1nccc1Cn1c(CCCl)nc2cc(I)c(F)cc21. The number of aromatic nitrogens is 4. The molecule has 1 aromatic carbocycles. The number of rotatable bonds is 4. The van der Waals surface area contributed by atoms with E-state index >= 15 is 0 Å². The van der Waals surface area contributed by atoms with Crippen LogP contribution in [0.5, 0.6) is 0 Å². The average Bonchev–Trinajstić information content (AvgIpc) is 2.98. The Balaban J connectivity index is 2.15. The van der Waals surface area contributed by atoms with E-state index in [0.29, 0.717) is 22.4 Å². The molecule has 21 heavy (non-hydrogen) atoms. The minimum absolute atomic E-state index is 0.230. The van der Waals surface area contributed by atoms with Crippen LogP contribution in [0.4, 0.5) is 4.39 Å². The molecule has 3 aromatic rings. The lowest BCUT2D eigenvalue weighted by molar-refractivity contribution is 0.619. The maximum atomic E-state index is 13.9. The fourth-order valence-electron chi connectivity index (χ4n) is 2.34. The van der Waals surface area contributed by atoms with Gasteiger partial charge in [-0.05, 0) is 34.7 Å². The highest BCUT2D eigenvalue weighted by Gasteiger charge is 2.14. The van der Waals surface area contributed by atoms with Crippen molar-refractivity contribution < 1.29 is 4.39 Å². The molecule has 0 atom stereocenters. The largest absolute Gasteiger partial charge is 0.322 e. The van der Waals surface area contributed by atoms with Crippen molar-refractivity contribution in [3.05, 3.63) is 45.3 Å². The molecule has 4 nitrogen and oxygen atoms in total. The first-order valence-electron chi connectivity index (χ1n) is 6.47. The lowest BCUT2D eigenvalue weighted by Gasteiger charge is -2.09. The van der Waals surface area contributed by atoms with Gasteiger partial charge in [0.2, 0.25) is 0 Å². The van der Waals surface area contributed by atoms with E-state index < -0.39 is 0 Å². The highest BCUT2D eigenvalue weighted by molar-refractivity contribution is 14.1. The minimum atomic E-state index is -0.230. The lowest BCUT2D eigenvalue weighted by Crippen LogP contribution is -2.09. The van der Waals surface area contributed by atoms with Crippen LogP contribution < -0.4 is 0 Å². The van der Waals surface area contributed by atoms with E-state index in [1.54, 1.807) is 16.9 Å². The third-order valence-corrected chi connectivity index (χ3v) is 4.45. The Bertz CT molecular complexity index is 796. The number of fused-ring (bicyclic) bond motifs is 1. The molecule has 0 N–H and O–H groups in total. The predicted octanol–water partition coefficient (Wildman–Crippen LogP) is 3.34. The smallest absolute Gasteiger partial charge is 0.138 e. The second-order valence-electron chi connectivity index (χ2n) is 4.75. The number of aryl methyl sites for hydroxylation is 2. The van der Waals surface area contributed by atoms with Crippen molar-refractivity contribution >= 4 is 45.2 Å². The zero-order valence-corrected chi connectivity index (χ0v) is 14.3. The van der Waals surface area contributed by atoms with E-state index in [4.69, 9.17) is 11.6 Å². The van der Waals surface area contributed by atoms with E-state index in [1.165, 1.54) is 6.07 Å². The van der Waals surface area contributed by atoms with Crippen LogP contribution in [0.1, 0.15) is 11.5 Å². The van der Waals surface area contributed by atoms with E-state index in [-0.39, 0.29) is 5.82 Å². The molecule has 2 aromatic heterocycles. The second-order valence-corrected chi connectivity index (χ2v) is 6.29. The molecule has 0 fully saturated rings. The molecule has 3 rings (SSSR count). The normalized spacial score (nSPS) is 11.4. The molecule has 0 spiro atoms. The van der Waals surface area contributed by atoms with Gasteiger partial charge >= 0.3 is 0 Å². The summed E-state index contributed by atoms with van der Waals surface area (Å²) in [5, 5.41) is 4.17. The molecular formula is C14H13ClFIN4. The zero-order valence-electron chi connectivity index (χ0n) is 11.4. The van der Waals surface area contributed by atoms with Crippen molar-refractivity contribution in [1.29, 1.82) is 0 Å². The first-order chi connectivity index (χ1) is 10.1. The van der Waals surface area contributed by atoms with Gasteiger partial charge in [-0.25, -0.2) is 9.37 Å². The fourth-order valence-corrected chi connectivity index (χ4v) is 2.96. The van der Waals surface area contributed by atoms with Gasteiger partial charge in [-0.3, -0.25) is 4.68 Å². The molecule has 0 aliphatic rings. The maximum Gasteiger partial charge on any atom is 0.138 e. The fraction of sp³-hybridized carbons (Fsp3) is 0.286. The van der Waals surface area contributed by atoms with Gasteiger partial charge in [-0.2, -0.15) is 5.10 Å². The summed E-state index contributed by atoms with van der Waals surface area (Å²) in [7, 11) is 1.89. The number of hydrogen-bond donors (Lipinski definition) is 0. The summed E-state index contributed by atoms with van der Waals surface area (Å²) in [6, 6.07) is 5.25. The summed E-state index contributed by atoms with van der Waals surface area (Å²) in [6.45, 7) is 0.596. The average molecular weight is 419 g/mol. The second kappa shape index (κ2) is 5.92. The van der Waals surface area contributed by atoms with Crippen molar-refractivity contribution in [2.75, 3.05) is 5.88 Å². The summed E-state index contributed by atoms with van der Waals surface area (Å²) in [5.41, 5.74) is 2.61. The van der Waals surface area contributed by atoms with Gasteiger partial charge < -0.3 is 4.57 Å². The van der Waals surface area contributed by atoms with Gasteiger partial charge in [0.05, 0.1) is 26.8 Å². The van der Waals surface area contributed by atoms with Gasteiger partial charge in [0, 0.05) is 31.6 Å². The Morgan fingerprint density at radius 1 is 1.38 bits per heavy atom. The van der Waals surface area contributed by atoms with Crippen LogP contribution in [0.15, 0.2) is 24.4 Å². The Morgan fingerprint density at radius 2 is 2.19 bits per heavy atom. The number of benzene rings is 1. The molecule has 7 heteroatoms. The summed E-state index contributed by atoms with van der Waals surface area (Å²) >= 11 is 7.84. The molecule has 0 bridgehead atoms. The molecule has 110 valence electrons. The minimum Gasteiger partial charge on any atom is -0.322 e. The van der Waals surface area contributed by atoms with E-state index in [1.807, 2.05) is 40.3 Å². The molecule has 0 radical (unpaired) electrons. The molecule has 0 aliphatic carbocycles. The van der Waals surface area contributed by atoms with Crippen molar-refractivity contribution in [2.45, 2.75) is 13.0 Å². The third kappa shape index (κ3) is 2.78. The number of hydrogen-bond acceptors (Lipinski definition) is 2. The van der Waals surface area contributed by atoms with Crippen LogP contribution in [0.2, 0.25) is 0 Å². The van der Waals surface area contributed by atoms with Gasteiger partial charge in [0.25, 0.3) is 0 Å². The van der Waals surface area contributed by atoms with Crippen molar-refractivity contribution in [3.63, 3.8) is 0 Å². The van der Waals surface area contributed by atoms with Gasteiger partial charge in [-0.15, -0.1) is 11.6 Å². The third-order valence-electron chi connectivity index (χ3n) is 3.43. The monoisotopic (exact) mass is 418 g/mol. The summed E-state index contributed by atoms with van der Waals surface area (Å²) in [4.78, 5) is 4.59. The summed E-state index contributed by atoms with van der Waals surface area (Å²) in [6.07, 6.45) is 2.39. The maximum absolute atomic E-state index is 13.9. The predicted molar refractivity (Wildman–Crippen MR) is 89.1 cm³/mol. The zero-order chi connectivity index (χ0) is 15.0. The Labute approximate surface area is 140 Å². The Kier molecular flexibility index (Phi) is 4.17. The van der Waals surface area contributed by atoms with Crippen molar-refractivity contribution in [3.8, 4) is 0 Å². The Hall–Kier alpha value is -1.15. The molecular weight excluding hydrogens is 406 g/mol. The number of imidazole rings is 1. The van der Waals surface area contributed by atoms with Crippen molar-refractivity contribution in [2.24, 2.45) is 7.05 Å². The molecule has 0 saturated carbocycles. The van der Waals surface area contributed by atoms with Gasteiger partial charge in [0.15, 0.2) is 0 Å². The summed E-state index contributed by atoms with van der Waals surface area (Å²) in [5.74, 6) is 1.11. The first-order valence-corrected chi connectivity index (χ1v) is 8.08. The highest BCUT2D eigenvalue weighted by Crippen LogP contribution is 2.23. The van der Waals surface area contributed by atoms with Crippen molar-refractivity contribution in [1.82, 2.24) is 19.3 Å². The van der Waals surface area contributed by atoms with E-state index in [9.17, 15) is 4.39 Å². The molecule has 0 aliphatic heterocycles.